The Bertz CT molecular complexity index is 807. The zero-order chi connectivity index (χ0) is 17.4. The minimum Gasteiger partial charge on any atom is -0.396 e. The molecule has 2 aromatic rings. The van der Waals surface area contributed by atoms with Crippen molar-refractivity contribution in [1.29, 1.82) is 0 Å². The highest BCUT2D eigenvalue weighted by Crippen LogP contribution is 2.35. The average Bonchev–Trinajstić information content (AvgIpc) is 2.98. The Hall–Kier alpha value is -2.34. The molecule has 4 rings (SSSR count). The monoisotopic (exact) mass is 341 g/mol. The lowest BCUT2D eigenvalue weighted by atomic mass is 9.93. The Labute approximate surface area is 146 Å². The van der Waals surface area contributed by atoms with E-state index in [1.807, 2.05) is 23.0 Å². The van der Waals surface area contributed by atoms with E-state index in [1.165, 1.54) is 5.69 Å². The molecule has 2 N–H and O–H groups in total. The van der Waals surface area contributed by atoms with Gasteiger partial charge < -0.3 is 14.6 Å². The summed E-state index contributed by atoms with van der Waals surface area (Å²) in [6, 6.07) is 5.92. The summed E-state index contributed by atoms with van der Waals surface area (Å²) >= 11 is 0. The summed E-state index contributed by atoms with van der Waals surface area (Å²) in [4.78, 5) is 25.8. The summed E-state index contributed by atoms with van der Waals surface area (Å²) in [6.07, 6.45) is 6.91. The third-order valence-electron chi connectivity index (χ3n) is 5.32. The number of imide groups is 1. The number of benzene rings is 1. The van der Waals surface area contributed by atoms with Crippen molar-refractivity contribution in [3.8, 4) is 0 Å². The highest BCUT2D eigenvalue weighted by Gasteiger charge is 2.30. The molecule has 2 fully saturated rings. The summed E-state index contributed by atoms with van der Waals surface area (Å²) in [5.74, 6) is 0.249. The van der Waals surface area contributed by atoms with Crippen molar-refractivity contribution in [2.45, 2.75) is 31.7 Å². The summed E-state index contributed by atoms with van der Waals surface area (Å²) in [7, 11) is 0. The first kappa shape index (κ1) is 16.1. The van der Waals surface area contributed by atoms with Gasteiger partial charge in [-0.3, -0.25) is 14.9 Å². The van der Waals surface area contributed by atoms with Crippen molar-refractivity contribution in [2.24, 2.45) is 5.92 Å². The number of nitrogens with zero attached hydrogens (tertiary/aromatic N) is 2. The molecule has 0 aliphatic carbocycles. The molecule has 25 heavy (non-hydrogen) atoms. The number of amides is 2. The maximum absolute atomic E-state index is 12.1. The maximum atomic E-state index is 12.1. The number of hydrogen-bond acceptors (Lipinski definition) is 4. The van der Waals surface area contributed by atoms with Crippen molar-refractivity contribution >= 4 is 28.3 Å². The van der Waals surface area contributed by atoms with Gasteiger partial charge in [-0.2, -0.15) is 0 Å². The Morgan fingerprint density at radius 2 is 2.04 bits per heavy atom. The van der Waals surface area contributed by atoms with Crippen LogP contribution in [0.4, 0.5) is 5.69 Å². The van der Waals surface area contributed by atoms with Crippen LogP contribution in [0.15, 0.2) is 30.6 Å². The van der Waals surface area contributed by atoms with Crippen molar-refractivity contribution in [3.63, 3.8) is 0 Å². The Balaban J connectivity index is 1.55. The van der Waals surface area contributed by atoms with Crippen LogP contribution in [0.25, 0.3) is 10.8 Å². The first-order valence-corrected chi connectivity index (χ1v) is 8.95. The van der Waals surface area contributed by atoms with Crippen molar-refractivity contribution in [1.82, 2.24) is 9.88 Å². The molecule has 6 heteroatoms. The molecule has 3 heterocycles. The molecular weight excluding hydrogens is 318 g/mol. The van der Waals surface area contributed by atoms with Crippen molar-refractivity contribution < 1.29 is 14.7 Å². The number of aromatic nitrogens is 1. The van der Waals surface area contributed by atoms with Gasteiger partial charge in [0.25, 0.3) is 0 Å². The quantitative estimate of drug-likeness (QED) is 0.814. The largest absolute Gasteiger partial charge is 0.396 e. The smallest absolute Gasteiger partial charge is 0.249 e. The van der Waals surface area contributed by atoms with Crippen LogP contribution in [0.5, 0.6) is 0 Å². The van der Waals surface area contributed by atoms with Gasteiger partial charge in [-0.15, -0.1) is 0 Å². The lowest BCUT2D eigenvalue weighted by molar-refractivity contribution is -0.135. The molecule has 132 valence electrons. The van der Waals surface area contributed by atoms with Gasteiger partial charge in [0, 0.05) is 55.0 Å². The number of rotatable bonds is 5. The second-order valence-electron chi connectivity index (χ2n) is 7.09. The molecule has 0 spiro atoms. The molecule has 1 unspecified atom stereocenters. The van der Waals surface area contributed by atoms with E-state index < -0.39 is 0 Å². The normalized spacial score (nSPS) is 21.5. The van der Waals surface area contributed by atoms with E-state index in [4.69, 9.17) is 5.11 Å². The van der Waals surface area contributed by atoms with E-state index in [9.17, 15) is 9.59 Å². The van der Waals surface area contributed by atoms with Gasteiger partial charge in [0.1, 0.15) is 6.04 Å². The number of fused-ring (bicyclic) bond motifs is 1. The molecule has 2 amide bonds. The lowest BCUT2D eigenvalue weighted by Gasteiger charge is -2.41. The first-order valence-electron chi connectivity index (χ1n) is 8.95. The van der Waals surface area contributed by atoms with Crippen LogP contribution in [0.3, 0.4) is 0 Å². The van der Waals surface area contributed by atoms with E-state index in [-0.39, 0.29) is 24.5 Å². The number of aliphatic hydroxyl groups excluding tert-OH is 1. The summed E-state index contributed by atoms with van der Waals surface area (Å²) in [6.45, 7) is 2.30. The number of carbonyl (C=O) groups is 2. The molecule has 1 aromatic heterocycles. The number of hydrogen-bond donors (Lipinski definition) is 2. The number of anilines is 1. The van der Waals surface area contributed by atoms with Crippen LogP contribution in [0.2, 0.25) is 0 Å². The predicted octanol–water partition coefficient (Wildman–Crippen LogP) is 1.83. The minimum atomic E-state index is -0.313. The van der Waals surface area contributed by atoms with Gasteiger partial charge in [0.2, 0.25) is 11.8 Å². The topological polar surface area (TPSA) is 74.6 Å². The van der Waals surface area contributed by atoms with E-state index in [2.05, 4.69) is 22.3 Å². The van der Waals surface area contributed by atoms with Crippen LogP contribution >= 0.6 is 0 Å². The van der Waals surface area contributed by atoms with E-state index in [0.29, 0.717) is 18.8 Å². The van der Waals surface area contributed by atoms with Crippen LogP contribution in [0.1, 0.15) is 31.7 Å². The second-order valence-corrected chi connectivity index (χ2v) is 7.09. The highest BCUT2D eigenvalue weighted by molar-refractivity contribution is 6.00. The van der Waals surface area contributed by atoms with Gasteiger partial charge >= 0.3 is 0 Å². The number of nitrogens with one attached hydrogen (secondary N) is 1. The van der Waals surface area contributed by atoms with Crippen LogP contribution in [-0.2, 0) is 9.59 Å². The van der Waals surface area contributed by atoms with Gasteiger partial charge in [0.15, 0.2) is 0 Å². The molecule has 1 atom stereocenters. The van der Waals surface area contributed by atoms with Crippen LogP contribution < -0.4 is 10.2 Å². The van der Waals surface area contributed by atoms with Gasteiger partial charge in [-0.1, -0.05) is 12.1 Å². The van der Waals surface area contributed by atoms with E-state index in [1.54, 1.807) is 0 Å². The summed E-state index contributed by atoms with van der Waals surface area (Å²) < 4.78 is 1.94. The maximum Gasteiger partial charge on any atom is 0.249 e. The fourth-order valence-corrected chi connectivity index (χ4v) is 3.92. The average molecular weight is 341 g/mol. The third kappa shape index (κ3) is 3.02. The Morgan fingerprint density at radius 1 is 1.20 bits per heavy atom. The summed E-state index contributed by atoms with van der Waals surface area (Å²) in [5, 5.41) is 13.6. The molecule has 2 saturated heterocycles. The fourth-order valence-electron chi connectivity index (χ4n) is 3.92. The number of carbonyl (C=O) groups excluding carboxylic acids is 2. The predicted molar refractivity (Wildman–Crippen MR) is 95.4 cm³/mol. The van der Waals surface area contributed by atoms with Crippen molar-refractivity contribution in [3.05, 3.63) is 30.6 Å². The standard InChI is InChI=1S/C19H23N3O3/c23-8-2-3-13-9-21(10-13)16-5-1-4-14-11-22(12-15(14)16)17-6-7-18(24)20-19(17)25/h1,4-5,11-13,17,23H,2-3,6-10H2,(H,20,24,25). The lowest BCUT2D eigenvalue weighted by Crippen LogP contribution is -2.46. The van der Waals surface area contributed by atoms with Crippen LogP contribution in [0, 0.1) is 5.92 Å². The molecule has 0 saturated carbocycles. The zero-order valence-corrected chi connectivity index (χ0v) is 14.1. The van der Waals surface area contributed by atoms with E-state index in [0.717, 1.165) is 36.7 Å². The van der Waals surface area contributed by atoms with E-state index >= 15 is 0 Å². The molecule has 2 aliphatic heterocycles. The summed E-state index contributed by atoms with van der Waals surface area (Å²) in [5.41, 5.74) is 1.20. The second kappa shape index (κ2) is 6.52. The fraction of sp³-hybridized carbons (Fsp3) is 0.474. The van der Waals surface area contributed by atoms with Gasteiger partial charge in [0.05, 0.1) is 0 Å². The highest BCUT2D eigenvalue weighted by atomic mass is 16.3. The molecule has 1 aromatic carbocycles. The molecular formula is C19H23N3O3. The van der Waals surface area contributed by atoms with Gasteiger partial charge in [-0.05, 0) is 31.2 Å². The number of piperidine rings is 1. The minimum absolute atomic E-state index is 0.187. The Kier molecular flexibility index (Phi) is 4.21. The molecule has 2 aliphatic rings. The molecule has 6 nitrogen and oxygen atoms in total. The Morgan fingerprint density at radius 3 is 2.80 bits per heavy atom. The van der Waals surface area contributed by atoms with Gasteiger partial charge in [-0.25, -0.2) is 0 Å². The van der Waals surface area contributed by atoms with Crippen molar-refractivity contribution in [2.75, 3.05) is 24.6 Å². The number of aliphatic hydroxyl groups is 1. The van der Waals surface area contributed by atoms with Crippen LogP contribution in [-0.4, -0.2) is 41.2 Å². The molecule has 0 bridgehead atoms. The molecule has 0 radical (unpaired) electrons. The first-order chi connectivity index (χ1) is 12.2. The SMILES string of the molecule is O=C1CCC(n2cc3cccc(N4CC(CCCO)C4)c3c2)C(=O)N1. The zero-order valence-electron chi connectivity index (χ0n) is 14.1. The third-order valence-corrected chi connectivity index (χ3v) is 5.32.